The third-order valence-corrected chi connectivity index (χ3v) is 4.75. The van der Waals surface area contributed by atoms with Crippen LogP contribution in [-0.2, 0) is 6.54 Å². The number of nitrogens with zero attached hydrogens (tertiary/aromatic N) is 3. The lowest BCUT2D eigenvalue weighted by Gasteiger charge is -2.49. The highest BCUT2D eigenvalue weighted by Crippen LogP contribution is 2.37. The zero-order chi connectivity index (χ0) is 15.5. The van der Waals surface area contributed by atoms with Crippen LogP contribution in [0.2, 0.25) is 0 Å². The molecule has 1 aliphatic rings. The molecule has 1 aliphatic carbocycles. The van der Waals surface area contributed by atoms with Crippen LogP contribution in [0.4, 0.5) is 5.69 Å². The van der Waals surface area contributed by atoms with Gasteiger partial charge in [0, 0.05) is 55.4 Å². The van der Waals surface area contributed by atoms with Gasteiger partial charge in [0.05, 0.1) is 0 Å². The fourth-order valence-electron chi connectivity index (χ4n) is 3.10. The number of pyridine rings is 1. The second kappa shape index (κ2) is 6.75. The van der Waals surface area contributed by atoms with E-state index in [0.717, 1.165) is 13.1 Å². The summed E-state index contributed by atoms with van der Waals surface area (Å²) >= 11 is 0. The van der Waals surface area contributed by atoms with Crippen molar-refractivity contribution in [2.24, 2.45) is 0 Å². The molecule has 1 fully saturated rings. The van der Waals surface area contributed by atoms with Gasteiger partial charge in [-0.05, 0) is 39.4 Å². The van der Waals surface area contributed by atoms with Gasteiger partial charge in [-0.1, -0.05) is 13.8 Å². The number of likely N-dealkylation sites (N-methyl/N-ethyl adjacent to an activating group) is 2. The number of nitrogens with one attached hydrogen (secondary N) is 1. The number of rotatable bonds is 7. The maximum absolute atomic E-state index is 4.29. The second-order valence-electron chi connectivity index (χ2n) is 6.87. The van der Waals surface area contributed by atoms with Crippen LogP contribution < -0.4 is 10.2 Å². The molecule has 0 amide bonds. The quantitative estimate of drug-likeness (QED) is 0.836. The van der Waals surface area contributed by atoms with Crippen molar-refractivity contribution in [3.63, 3.8) is 0 Å². The van der Waals surface area contributed by atoms with Gasteiger partial charge >= 0.3 is 0 Å². The number of anilines is 1. The van der Waals surface area contributed by atoms with Crippen LogP contribution in [0, 0.1) is 0 Å². The summed E-state index contributed by atoms with van der Waals surface area (Å²) in [6.07, 6.45) is 7.84. The largest absolute Gasteiger partial charge is 0.372 e. The average Bonchev–Trinajstić information content (AvgIpc) is 2.40. The molecule has 0 unspecified atom stereocenters. The first-order chi connectivity index (χ1) is 9.94. The SMILES string of the molecule is CC(C)NCc1cnccc1N(C)CC1(N(C)C)CCC1. The topological polar surface area (TPSA) is 31.4 Å². The van der Waals surface area contributed by atoms with Gasteiger partial charge in [-0.25, -0.2) is 0 Å². The van der Waals surface area contributed by atoms with Crippen LogP contribution in [0.1, 0.15) is 38.7 Å². The van der Waals surface area contributed by atoms with Crippen LogP contribution in [-0.4, -0.2) is 49.2 Å². The zero-order valence-electron chi connectivity index (χ0n) is 14.2. The van der Waals surface area contributed by atoms with E-state index in [1.807, 2.05) is 12.4 Å². The Labute approximate surface area is 129 Å². The van der Waals surface area contributed by atoms with E-state index in [9.17, 15) is 0 Å². The molecule has 0 radical (unpaired) electrons. The molecule has 1 aromatic heterocycles. The van der Waals surface area contributed by atoms with E-state index in [1.165, 1.54) is 30.5 Å². The first-order valence-electron chi connectivity index (χ1n) is 7.99. The van der Waals surface area contributed by atoms with E-state index >= 15 is 0 Å². The molecule has 0 bridgehead atoms. The number of aromatic nitrogens is 1. The molecule has 0 spiro atoms. The fraction of sp³-hybridized carbons (Fsp3) is 0.706. The van der Waals surface area contributed by atoms with Gasteiger partial charge in [0.1, 0.15) is 0 Å². The predicted octanol–water partition coefficient (Wildman–Crippen LogP) is 2.50. The Hall–Kier alpha value is -1.13. The lowest BCUT2D eigenvalue weighted by molar-refractivity contribution is 0.0683. The summed E-state index contributed by atoms with van der Waals surface area (Å²) in [5.41, 5.74) is 2.93. The van der Waals surface area contributed by atoms with E-state index in [4.69, 9.17) is 0 Å². The standard InChI is InChI=1S/C17H30N4/c1-14(2)19-12-15-11-18-10-7-16(15)21(5)13-17(20(3)4)8-6-9-17/h7,10-11,14,19H,6,8-9,12-13H2,1-5H3. The molecule has 1 N–H and O–H groups in total. The summed E-state index contributed by atoms with van der Waals surface area (Å²) in [6, 6.07) is 2.63. The molecule has 0 aromatic carbocycles. The maximum atomic E-state index is 4.29. The second-order valence-corrected chi connectivity index (χ2v) is 6.87. The van der Waals surface area contributed by atoms with Crippen molar-refractivity contribution in [2.75, 3.05) is 32.6 Å². The number of hydrogen-bond donors (Lipinski definition) is 1. The summed E-state index contributed by atoms with van der Waals surface area (Å²) in [5.74, 6) is 0. The van der Waals surface area contributed by atoms with Crippen LogP contribution in [0.15, 0.2) is 18.5 Å². The molecule has 118 valence electrons. The molecule has 0 atom stereocenters. The van der Waals surface area contributed by atoms with Gasteiger partial charge in [0.2, 0.25) is 0 Å². The molecule has 21 heavy (non-hydrogen) atoms. The first kappa shape index (κ1) is 16.2. The lowest BCUT2D eigenvalue weighted by atomic mass is 9.75. The van der Waals surface area contributed by atoms with Crippen molar-refractivity contribution in [3.8, 4) is 0 Å². The minimum absolute atomic E-state index is 0.348. The van der Waals surface area contributed by atoms with E-state index in [-0.39, 0.29) is 0 Å². The van der Waals surface area contributed by atoms with Crippen molar-refractivity contribution in [3.05, 3.63) is 24.0 Å². The van der Waals surface area contributed by atoms with Crippen molar-refractivity contribution in [1.29, 1.82) is 0 Å². The predicted molar refractivity (Wildman–Crippen MR) is 89.8 cm³/mol. The van der Waals surface area contributed by atoms with Gasteiger partial charge in [-0.3, -0.25) is 4.98 Å². The molecule has 4 nitrogen and oxygen atoms in total. The smallest absolute Gasteiger partial charge is 0.0440 e. The molecular weight excluding hydrogens is 260 g/mol. The van der Waals surface area contributed by atoms with E-state index in [2.05, 4.69) is 61.2 Å². The van der Waals surface area contributed by atoms with E-state index < -0.39 is 0 Å². The van der Waals surface area contributed by atoms with Gasteiger partial charge in [-0.15, -0.1) is 0 Å². The van der Waals surface area contributed by atoms with Crippen LogP contribution in [0.5, 0.6) is 0 Å². The summed E-state index contributed by atoms with van der Waals surface area (Å²) in [4.78, 5) is 9.10. The Kier molecular flexibility index (Phi) is 5.22. The summed E-state index contributed by atoms with van der Waals surface area (Å²) < 4.78 is 0. The third-order valence-electron chi connectivity index (χ3n) is 4.75. The van der Waals surface area contributed by atoms with Crippen molar-refractivity contribution >= 4 is 5.69 Å². The molecule has 0 aliphatic heterocycles. The molecule has 1 saturated carbocycles. The van der Waals surface area contributed by atoms with Crippen LogP contribution in [0.3, 0.4) is 0 Å². The molecular formula is C17H30N4. The normalized spacial score (nSPS) is 17.1. The van der Waals surface area contributed by atoms with Crippen LogP contribution in [0.25, 0.3) is 0 Å². The highest BCUT2D eigenvalue weighted by atomic mass is 15.2. The van der Waals surface area contributed by atoms with Gasteiger partial charge in [-0.2, -0.15) is 0 Å². The lowest BCUT2D eigenvalue weighted by Crippen LogP contribution is -2.56. The number of hydrogen-bond acceptors (Lipinski definition) is 4. The molecule has 1 aromatic rings. The maximum Gasteiger partial charge on any atom is 0.0440 e. The fourth-order valence-corrected chi connectivity index (χ4v) is 3.10. The highest BCUT2D eigenvalue weighted by Gasteiger charge is 2.40. The third kappa shape index (κ3) is 3.74. The van der Waals surface area contributed by atoms with Crippen LogP contribution >= 0.6 is 0 Å². The first-order valence-corrected chi connectivity index (χ1v) is 7.99. The Balaban J connectivity index is 2.09. The van der Waals surface area contributed by atoms with Crippen molar-refractivity contribution in [2.45, 2.75) is 51.2 Å². The Morgan fingerprint density at radius 3 is 2.52 bits per heavy atom. The molecule has 1 heterocycles. The minimum atomic E-state index is 0.348. The van der Waals surface area contributed by atoms with E-state index in [1.54, 1.807) is 0 Å². The molecule has 4 heteroatoms. The highest BCUT2D eigenvalue weighted by molar-refractivity contribution is 5.52. The monoisotopic (exact) mass is 290 g/mol. The Morgan fingerprint density at radius 2 is 2.00 bits per heavy atom. The Morgan fingerprint density at radius 1 is 1.29 bits per heavy atom. The van der Waals surface area contributed by atoms with Crippen molar-refractivity contribution in [1.82, 2.24) is 15.2 Å². The molecule has 0 saturated heterocycles. The summed E-state index contributed by atoms with van der Waals surface area (Å²) in [6.45, 7) is 6.31. The summed E-state index contributed by atoms with van der Waals surface area (Å²) in [5, 5.41) is 3.49. The van der Waals surface area contributed by atoms with Crippen molar-refractivity contribution < 1.29 is 0 Å². The Bertz CT molecular complexity index is 452. The van der Waals surface area contributed by atoms with Gasteiger partial charge in [0.15, 0.2) is 0 Å². The summed E-state index contributed by atoms with van der Waals surface area (Å²) in [7, 11) is 6.62. The minimum Gasteiger partial charge on any atom is -0.372 e. The zero-order valence-corrected chi connectivity index (χ0v) is 14.2. The van der Waals surface area contributed by atoms with E-state index in [0.29, 0.717) is 11.6 Å². The van der Waals surface area contributed by atoms with Gasteiger partial charge in [0.25, 0.3) is 0 Å². The average molecular weight is 290 g/mol. The molecule has 2 rings (SSSR count). The van der Waals surface area contributed by atoms with Gasteiger partial charge < -0.3 is 15.1 Å².